The van der Waals surface area contributed by atoms with Crippen molar-refractivity contribution in [3.63, 3.8) is 0 Å². The number of aliphatic hydroxyl groups is 1. The predicted octanol–water partition coefficient (Wildman–Crippen LogP) is 2.63. The molecule has 5 heteroatoms. The first-order valence-electron chi connectivity index (χ1n) is 6.90. The van der Waals surface area contributed by atoms with E-state index in [1.807, 2.05) is 29.8 Å². The standard InChI is InChI=1S/C15H21N3O2/c1-4-7-18-15(16-10-17-18)9-20-14-6-5-13(12(3)19)8-11(14)2/h5-6,8,10,12,19H,4,7,9H2,1-3H3/t12-/m1/s1. The molecule has 0 aliphatic heterocycles. The minimum absolute atomic E-state index is 0.398. The van der Waals surface area contributed by atoms with Gasteiger partial charge in [0, 0.05) is 6.54 Å². The zero-order valence-corrected chi connectivity index (χ0v) is 12.2. The lowest BCUT2D eigenvalue weighted by atomic mass is 10.1. The van der Waals surface area contributed by atoms with Crippen molar-refractivity contribution in [3.8, 4) is 5.75 Å². The van der Waals surface area contributed by atoms with Gasteiger partial charge in [-0.3, -0.25) is 0 Å². The van der Waals surface area contributed by atoms with Crippen LogP contribution >= 0.6 is 0 Å². The number of hydrogen-bond acceptors (Lipinski definition) is 4. The third-order valence-electron chi connectivity index (χ3n) is 3.17. The highest BCUT2D eigenvalue weighted by Crippen LogP contribution is 2.23. The Morgan fingerprint density at radius 2 is 2.20 bits per heavy atom. The number of aliphatic hydroxyl groups excluding tert-OH is 1. The van der Waals surface area contributed by atoms with E-state index in [4.69, 9.17) is 4.74 Å². The van der Waals surface area contributed by atoms with Crippen LogP contribution in [0.1, 0.15) is 43.3 Å². The molecule has 2 aromatic rings. The molecule has 1 atom stereocenters. The minimum atomic E-state index is -0.463. The largest absolute Gasteiger partial charge is 0.485 e. The molecular weight excluding hydrogens is 254 g/mol. The van der Waals surface area contributed by atoms with Gasteiger partial charge in [-0.1, -0.05) is 13.0 Å². The lowest BCUT2D eigenvalue weighted by Crippen LogP contribution is -2.09. The first kappa shape index (κ1) is 14.5. The molecule has 20 heavy (non-hydrogen) atoms. The van der Waals surface area contributed by atoms with Crippen LogP contribution in [0.5, 0.6) is 5.75 Å². The molecule has 1 N–H and O–H groups in total. The number of ether oxygens (including phenoxy) is 1. The van der Waals surface area contributed by atoms with Gasteiger partial charge in [0.15, 0.2) is 5.82 Å². The molecule has 5 nitrogen and oxygen atoms in total. The summed E-state index contributed by atoms with van der Waals surface area (Å²) in [6.45, 7) is 7.07. The molecule has 0 radical (unpaired) electrons. The third-order valence-corrected chi connectivity index (χ3v) is 3.17. The fraction of sp³-hybridized carbons (Fsp3) is 0.467. The first-order valence-corrected chi connectivity index (χ1v) is 6.90. The van der Waals surface area contributed by atoms with Crippen LogP contribution in [-0.4, -0.2) is 19.9 Å². The second kappa shape index (κ2) is 6.52. The monoisotopic (exact) mass is 275 g/mol. The molecule has 0 aliphatic rings. The van der Waals surface area contributed by atoms with Gasteiger partial charge in [0.1, 0.15) is 18.7 Å². The molecule has 1 heterocycles. The van der Waals surface area contributed by atoms with Crippen LogP contribution in [0.15, 0.2) is 24.5 Å². The Labute approximate surface area is 119 Å². The fourth-order valence-corrected chi connectivity index (χ4v) is 2.04. The van der Waals surface area contributed by atoms with Crippen molar-refractivity contribution < 1.29 is 9.84 Å². The molecule has 1 aromatic heterocycles. The zero-order valence-electron chi connectivity index (χ0n) is 12.2. The van der Waals surface area contributed by atoms with E-state index in [0.29, 0.717) is 6.61 Å². The Morgan fingerprint density at radius 1 is 1.40 bits per heavy atom. The van der Waals surface area contributed by atoms with Gasteiger partial charge in [-0.25, -0.2) is 9.67 Å². The molecule has 0 unspecified atom stereocenters. The highest BCUT2D eigenvalue weighted by molar-refractivity contribution is 5.36. The predicted molar refractivity (Wildman–Crippen MR) is 76.5 cm³/mol. The van der Waals surface area contributed by atoms with E-state index in [0.717, 1.165) is 35.7 Å². The average molecular weight is 275 g/mol. The van der Waals surface area contributed by atoms with E-state index in [1.165, 1.54) is 0 Å². The summed E-state index contributed by atoms with van der Waals surface area (Å²) in [6.07, 6.45) is 2.10. The van der Waals surface area contributed by atoms with Crippen LogP contribution < -0.4 is 4.74 Å². The van der Waals surface area contributed by atoms with Crippen molar-refractivity contribution in [2.45, 2.75) is 46.4 Å². The van der Waals surface area contributed by atoms with Gasteiger partial charge in [0.25, 0.3) is 0 Å². The normalized spacial score (nSPS) is 12.4. The number of hydrogen-bond donors (Lipinski definition) is 1. The molecule has 2 rings (SSSR count). The molecular formula is C15H21N3O2. The number of nitrogens with zero attached hydrogens (tertiary/aromatic N) is 3. The summed E-state index contributed by atoms with van der Waals surface area (Å²) in [6, 6.07) is 5.71. The smallest absolute Gasteiger partial charge is 0.164 e. The average Bonchev–Trinajstić information content (AvgIpc) is 2.85. The van der Waals surface area contributed by atoms with E-state index >= 15 is 0 Å². The Balaban J connectivity index is 2.05. The van der Waals surface area contributed by atoms with E-state index in [9.17, 15) is 5.11 Å². The van der Waals surface area contributed by atoms with Gasteiger partial charge >= 0.3 is 0 Å². The Morgan fingerprint density at radius 3 is 2.85 bits per heavy atom. The van der Waals surface area contributed by atoms with Gasteiger partial charge in [-0.15, -0.1) is 0 Å². The van der Waals surface area contributed by atoms with Crippen LogP contribution in [-0.2, 0) is 13.2 Å². The Kier molecular flexibility index (Phi) is 4.74. The maximum Gasteiger partial charge on any atom is 0.164 e. The van der Waals surface area contributed by atoms with E-state index in [-0.39, 0.29) is 0 Å². The SMILES string of the molecule is CCCn1ncnc1COc1ccc([C@@H](C)O)cc1C. The lowest BCUT2D eigenvalue weighted by Gasteiger charge is -2.12. The van der Waals surface area contributed by atoms with Crippen LogP contribution in [0.2, 0.25) is 0 Å². The van der Waals surface area contributed by atoms with Crippen molar-refractivity contribution in [2.75, 3.05) is 0 Å². The van der Waals surface area contributed by atoms with Crippen LogP contribution in [0.4, 0.5) is 0 Å². The number of rotatable bonds is 6. The quantitative estimate of drug-likeness (QED) is 0.880. The van der Waals surface area contributed by atoms with Crippen molar-refractivity contribution >= 4 is 0 Å². The molecule has 0 saturated heterocycles. The second-order valence-electron chi connectivity index (χ2n) is 4.89. The van der Waals surface area contributed by atoms with Crippen LogP contribution in [0.25, 0.3) is 0 Å². The van der Waals surface area contributed by atoms with Gasteiger partial charge < -0.3 is 9.84 Å². The van der Waals surface area contributed by atoms with E-state index in [2.05, 4.69) is 17.0 Å². The molecule has 108 valence electrons. The minimum Gasteiger partial charge on any atom is -0.485 e. The molecule has 0 amide bonds. The summed E-state index contributed by atoms with van der Waals surface area (Å²) in [4.78, 5) is 4.21. The van der Waals surface area contributed by atoms with Gasteiger partial charge in [-0.2, -0.15) is 5.10 Å². The lowest BCUT2D eigenvalue weighted by molar-refractivity contribution is 0.199. The van der Waals surface area contributed by atoms with Crippen molar-refractivity contribution in [2.24, 2.45) is 0 Å². The molecule has 0 bridgehead atoms. The third kappa shape index (κ3) is 3.36. The second-order valence-corrected chi connectivity index (χ2v) is 4.89. The molecule has 0 aliphatic carbocycles. The Hall–Kier alpha value is -1.88. The molecule has 1 aromatic carbocycles. The zero-order chi connectivity index (χ0) is 14.5. The first-order chi connectivity index (χ1) is 9.61. The van der Waals surface area contributed by atoms with Crippen molar-refractivity contribution in [3.05, 3.63) is 41.5 Å². The molecule has 0 fully saturated rings. The Bertz CT molecular complexity index is 564. The van der Waals surface area contributed by atoms with Gasteiger partial charge in [0.05, 0.1) is 6.10 Å². The summed E-state index contributed by atoms with van der Waals surface area (Å²) in [5, 5.41) is 13.7. The van der Waals surface area contributed by atoms with Crippen molar-refractivity contribution in [1.29, 1.82) is 0 Å². The highest BCUT2D eigenvalue weighted by Gasteiger charge is 2.08. The van der Waals surface area contributed by atoms with E-state index < -0.39 is 6.10 Å². The van der Waals surface area contributed by atoms with Gasteiger partial charge in [0.2, 0.25) is 0 Å². The topological polar surface area (TPSA) is 60.2 Å². The number of aryl methyl sites for hydroxylation is 2. The molecule has 0 spiro atoms. The van der Waals surface area contributed by atoms with Gasteiger partial charge in [-0.05, 0) is 43.5 Å². The summed E-state index contributed by atoms with van der Waals surface area (Å²) in [7, 11) is 0. The number of aromatic nitrogens is 3. The number of benzene rings is 1. The van der Waals surface area contributed by atoms with Crippen molar-refractivity contribution in [1.82, 2.24) is 14.8 Å². The summed E-state index contributed by atoms with van der Waals surface area (Å²) >= 11 is 0. The fourth-order valence-electron chi connectivity index (χ4n) is 2.04. The molecule has 0 saturated carbocycles. The summed E-state index contributed by atoms with van der Waals surface area (Å²) in [5.74, 6) is 1.63. The highest BCUT2D eigenvalue weighted by atomic mass is 16.5. The maximum atomic E-state index is 9.55. The summed E-state index contributed by atoms with van der Waals surface area (Å²) < 4.78 is 7.66. The summed E-state index contributed by atoms with van der Waals surface area (Å²) in [5.41, 5.74) is 1.90. The van der Waals surface area contributed by atoms with Crippen LogP contribution in [0, 0.1) is 6.92 Å². The van der Waals surface area contributed by atoms with Crippen LogP contribution in [0.3, 0.4) is 0 Å². The van der Waals surface area contributed by atoms with E-state index in [1.54, 1.807) is 13.3 Å². The maximum absolute atomic E-state index is 9.55.